The van der Waals surface area contributed by atoms with Crippen molar-refractivity contribution in [2.24, 2.45) is 0 Å². The van der Waals surface area contributed by atoms with Crippen molar-refractivity contribution in [3.05, 3.63) is 76.5 Å². The average Bonchev–Trinajstić information content (AvgIpc) is 3.29. The third-order valence-electron chi connectivity index (χ3n) is 6.11. The van der Waals surface area contributed by atoms with Crippen molar-refractivity contribution in [2.45, 2.75) is 31.3 Å². The van der Waals surface area contributed by atoms with Crippen LogP contribution in [-0.2, 0) is 0 Å². The first kappa shape index (κ1) is 22.7. The molecule has 34 heavy (non-hydrogen) atoms. The smallest absolute Gasteiger partial charge is 0.319 e. The molecule has 2 aromatic carbocycles. The van der Waals surface area contributed by atoms with Crippen LogP contribution >= 0.6 is 23.2 Å². The van der Waals surface area contributed by atoms with Crippen molar-refractivity contribution < 1.29 is 4.79 Å². The van der Waals surface area contributed by atoms with Gasteiger partial charge in [0.05, 0.1) is 21.6 Å². The molecule has 0 aliphatic carbocycles. The van der Waals surface area contributed by atoms with E-state index >= 15 is 0 Å². The number of halogens is 2. The van der Waals surface area contributed by atoms with Gasteiger partial charge in [0.15, 0.2) is 0 Å². The first-order chi connectivity index (χ1) is 16.6. The molecule has 4 N–H and O–H groups in total. The van der Waals surface area contributed by atoms with E-state index in [1.54, 1.807) is 18.5 Å². The van der Waals surface area contributed by atoms with Gasteiger partial charge in [-0.25, -0.2) is 4.79 Å². The normalized spacial score (nSPS) is 16.8. The molecule has 2 atom stereocenters. The monoisotopic (exact) mass is 494 g/mol. The van der Waals surface area contributed by atoms with E-state index in [9.17, 15) is 4.79 Å². The number of hydrogen-bond acceptors (Lipinski definition) is 4. The van der Waals surface area contributed by atoms with E-state index in [0.717, 1.165) is 53.5 Å². The van der Waals surface area contributed by atoms with Crippen LogP contribution in [-0.4, -0.2) is 33.8 Å². The van der Waals surface area contributed by atoms with Crippen LogP contribution in [0.1, 0.15) is 30.9 Å². The maximum Gasteiger partial charge on any atom is 0.319 e. The summed E-state index contributed by atoms with van der Waals surface area (Å²) in [6.45, 7) is 0.917. The summed E-state index contributed by atoms with van der Waals surface area (Å²) in [6, 6.07) is 14.5. The Bertz CT molecular complexity index is 1300. The summed E-state index contributed by atoms with van der Waals surface area (Å²) in [5.41, 5.74) is 4.23. The summed E-state index contributed by atoms with van der Waals surface area (Å²) < 4.78 is 0. The highest BCUT2D eigenvalue weighted by Gasteiger charge is 2.27. The molecule has 2 amide bonds. The third kappa shape index (κ3) is 4.87. The molecule has 9 heteroatoms. The molecule has 0 bridgehead atoms. The fraction of sp³-hybridized carbons (Fsp3) is 0.240. The number of urea groups is 1. The highest BCUT2D eigenvalue weighted by atomic mass is 35.5. The molecule has 4 aromatic rings. The Kier molecular flexibility index (Phi) is 6.67. The molecular weight excluding hydrogens is 471 g/mol. The summed E-state index contributed by atoms with van der Waals surface area (Å²) >= 11 is 12.4. The van der Waals surface area contributed by atoms with Gasteiger partial charge in [-0.3, -0.25) is 10.1 Å². The van der Waals surface area contributed by atoms with Gasteiger partial charge in [-0.1, -0.05) is 35.7 Å². The van der Waals surface area contributed by atoms with Crippen molar-refractivity contribution in [2.75, 3.05) is 11.9 Å². The fourth-order valence-corrected chi connectivity index (χ4v) is 4.72. The lowest BCUT2D eigenvalue weighted by atomic mass is 9.92. The Balaban J connectivity index is 1.38. The van der Waals surface area contributed by atoms with Crippen molar-refractivity contribution >= 4 is 45.8 Å². The molecule has 1 fully saturated rings. The van der Waals surface area contributed by atoms with E-state index in [2.05, 4.69) is 31.1 Å². The predicted octanol–water partition coefficient (Wildman–Crippen LogP) is 5.94. The minimum Gasteiger partial charge on any atom is -0.329 e. The average molecular weight is 495 g/mol. The van der Waals surface area contributed by atoms with Crippen LogP contribution in [0.3, 0.4) is 0 Å². The fourth-order valence-electron chi connectivity index (χ4n) is 4.42. The van der Waals surface area contributed by atoms with Gasteiger partial charge in [0.2, 0.25) is 0 Å². The van der Waals surface area contributed by atoms with Crippen LogP contribution < -0.4 is 16.0 Å². The summed E-state index contributed by atoms with van der Waals surface area (Å²) in [5.74, 6) is 0. The third-order valence-corrected chi connectivity index (χ3v) is 6.85. The van der Waals surface area contributed by atoms with Gasteiger partial charge in [0, 0.05) is 35.1 Å². The Morgan fingerprint density at radius 2 is 1.88 bits per heavy atom. The minimum absolute atomic E-state index is 0.103. The summed E-state index contributed by atoms with van der Waals surface area (Å²) in [4.78, 5) is 17.1. The van der Waals surface area contributed by atoms with Crippen LogP contribution in [0, 0.1) is 0 Å². The molecule has 7 nitrogen and oxygen atoms in total. The second-order valence-electron chi connectivity index (χ2n) is 8.37. The highest BCUT2D eigenvalue weighted by Crippen LogP contribution is 2.30. The standard InChI is InChI=1S/C25H24Cl2N6O/c26-19-6-4-16(13-20(19)27)24(22-3-1-2-10-29-22)31-25(34)30-17-5-7-21-18(14-17)23(33-32-21)15-8-11-28-12-9-15/h4-9,11-14,22,24,29H,1-3,10H2,(H,32,33)(H2,30,31,34)/t22-,24-/m0/s1. The van der Waals surface area contributed by atoms with Gasteiger partial charge in [-0.05, 0) is 67.4 Å². The quantitative estimate of drug-likeness (QED) is 0.276. The molecular formula is C25H24Cl2N6O. The van der Waals surface area contributed by atoms with E-state index in [1.165, 1.54) is 0 Å². The Morgan fingerprint density at radius 3 is 2.65 bits per heavy atom. The Labute approximate surface area is 207 Å². The number of piperidine rings is 1. The predicted molar refractivity (Wildman–Crippen MR) is 136 cm³/mol. The number of aromatic amines is 1. The van der Waals surface area contributed by atoms with Crippen LogP contribution in [0.15, 0.2) is 60.9 Å². The first-order valence-electron chi connectivity index (χ1n) is 11.2. The maximum absolute atomic E-state index is 13.1. The zero-order valence-electron chi connectivity index (χ0n) is 18.3. The van der Waals surface area contributed by atoms with E-state index in [1.807, 2.05) is 42.5 Å². The number of carbonyl (C=O) groups excluding carboxylic acids is 1. The molecule has 5 rings (SSSR count). The lowest BCUT2D eigenvalue weighted by Crippen LogP contribution is -2.47. The van der Waals surface area contributed by atoms with Crippen molar-refractivity contribution in [1.29, 1.82) is 0 Å². The summed E-state index contributed by atoms with van der Waals surface area (Å²) in [5, 5.41) is 19.0. The van der Waals surface area contributed by atoms with Crippen molar-refractivity contribution in [3.63, 3.8) is 0 Å². The molecule has 1 aliphatic heterocycles. The van der Waals surface area contributed by atoms with Crippen LogP contribution in [0.25, 0.3) is 22.2 Å². The number of aromatic nitrogens is 3. The zero-order chi connectivity index (χ0) is 23.5. The number of H-pyrrole nitrogens is 1. The van der Waals surface area contributed by atoms with E-state index in [-0.39, 0.29) is 18.1 Å². The highest BCUT2D eigenvalue weighted by molar-refractivity contribution is 6.42. The number of rotatable bonds is 5. The van der Waals surface area contributed by atoms with Gasteiger partial charge in [-0.15, -0.1) is 0 Å². The van der Waals surface area contributed by atoms with Crippen molar-refractivity contribution in [1.82, 2.24) is 25.8 Å². The number of carbonyl (C=O) groups is 1. The molecule has 174 valence electrons. The molecule has 1 aliphatic rings. The lowest BCUT2D eigenvalue weighted by Gasteiger charge is -2.32. The summed E-state index contributed by atoms with van der Waals surface area (Å²) in [7, 11) is 0. The minimum atomic E-state index is -0.295. The molecule has 0 saturated carbocycles. The van der Waals surface area contributed by atoms with Crippen LogP contribution in [0.5, 0.6) is 0 Å². The van der Waals surface area contributed by atoms with Crippen LogP contribution in [0.2, 0.25) is 10.0 Å². The number of hydrogen-bond donors (Lipinski definition) is 4. The Morgan fingerprint density at radius 1 is 1.03 bits per heavy atom. The molecule has 0 unspecified atom stereocenters. The molecule has 0 spiro atoms. The number of benzene rings is 2. The van der Waals surface area contributed by atoms with Crippen LogP contribution in [0.4, 0.5) is 10.5 Å². The molecule has 0 radical (unpaired) electrons. The van der Waals surface area contributed by atoms with Gasteiger partial charge >= 0.3 is 6.03 Å². The van der Waals surface area contributed by atoms with E-state index < -0.39 is 0 Å². The second kappa shape index (κ2) is 10.0. The number of pyridine rings is 1. The molecule has 2 aromatic heterocycles. The number of fused-ring (bicyclic) bond motifs is 1. The van der Waals surface area contributed by atoms with E-state index in [0.29, 0.717) is 15.7 Å². The number of nitrogens with one attached hydrogen (secondary N) is 4. The topological polar surface area (TPSA) is 94.7 Å². The number of amides is 2. The van der Waals surface area contributed by atoms with Gasteiger partial charge in [-0.2, -0.15) is 5.10 Å². The van der Waals surface area contributed by atoms with Gasteiger partial charge < -0.3 is 16.0 Å². The lowest BCUT2D eigenvalue weighted by molar-refractivity contribution is 0.240. The zero-order valence-corrected chi connectivity index (χ0v) is 19.8. The van der Waals surface area contributed by atoms with Gasteiger partial charge in [0.1, 0.15) is 5.69 Å². The second-order valence-corrected chi connectivity index (χ2v) is 9.19. The molecule has 3 heterocycles. The first-order valence-corrected chi connectivity index (χ1v) is 12.0. The van der Waals surface area contributed by atoms with Gasteiger partial charge in [0.25, 0.3) is 0 Å². The SMILES string of the molecule is O=C(Nc1ccc2[nH]nc(-c3ccncc3)c2c1)N[C@@H](c1ccc(Cl)c(Cl)c1)[C@@H]1CCCCN1. The molecule has 1 saturated heterocycles. The van der Waals surface area contributed by atoms with Crippen molar-refractivity contribution in [3.8, 4) is 11.3 Å². The largest absolute Gasteiger partial charge is 0.329 e. The number of nitrogens with zero attached hydrogens (tertiary/aromatic N) is 2. The summed E-state index contributed by atoms with van der Waals surface area (Å²) in [6.07, 6.45) is 6.65. The number of anilines is 1. The Hall–Kier alpha value is -3.13. The van der Waals surface area contributed by atoms with E-state index in [4.69, 9.17) is 23.2 Å². The maximum atomic E-state index is 13.1.